The second-order valence-corrected chi connectivity index (χ2v) is 18.6. The number of nitrogens with one attached hydrogen (secondary N) is 3. The number of fused-ring (bicyclic) bond motifs is 6. The summed E-state index contributed by atoms with van der Waals surface area (Å²) in [6.07, 6.45) is 10.4. The van der Waals surface area contributed by atoms with Gasteiger partial charge in [-0.1, -0.05) is 82.5 Å². The van der Waals surface area contributed by atoms with E-state index < -0.39 is 16.9 Å². The highest BCUT2D eigenvalue weighted by atomic mass is 16.5. The van der Waals surface area contributed by atoms with Crippen LogP contribution in [-0.4, -0.2) is 30.4 Å². The quantitative estimate of drug-likeness (QED) is 0.120. The summed E-state index contributed by atoms with van der Waals surface area (Å²) in [5.74, 6) is -0.0878. The number of benzene rings is 3. The van der Waals surface area contributed by atoms with Crippen molar-refractivity contribution in [2.45, 2.75) is 136 Å². The number of unbranched alkanes of at least 4 members (excludes halogenated alkanes) is 1. The number of anilines is 2. The molecule has 4 unspecified atom stereocenters. The van der Waals surface area contributed by atoms with Crippen LogP contribution >= 0.6 is 0 Å². The summed E-state index contributed by atoms with van der Waals surface area (Å²) in [5.41, 5.74) is 12.4. The van der Waals surface area contributed by atoms with E-state index in [1.807, 2.05) is 18.2 Å². The van der Waals surface area contributed by atoms with Crippen LogP contribution in [0.3, 0.4) is 0 Å². The number of carbonyl (C=O) groups is 4. The Balaban J connectivity index is 1.00. The lowest BCUT2D eigenvalue weighted by Crippen LogP contribution is -2.60. The van der Waals surface area contributed by atoms with Crippen LogP contribution in [0.25, 0.3) is 0 Å². The Hall–Kier alpha value is -4.50. The van der Waals surface area contributed by atoms with E-state index in [0.29, 0.717) is 24.3 Å². The van der Waals surface area contributed by atoms with E-state index in [0.717, 1.165) is 88.2 Å². The smallest absolute Gasteiger partial charge is 0.411 e. The number of carbonyl (C=O) groups excluding carboxylic acids is 4. The molecule has 6 atom stereocenters. The molecule has 0 radical (unpaired) electrons. The van der Waals surface area contributed by atoms with E-state index >= 15 is 0 Å². The fourth-order valence-electron chi connectivity index (χ4n) is 11.7. The maximum Gasteiger partial charge on any atom is 0.411 e. The van der Waals surface area contributed by atoms with Gasteiger partial charge in [-0.2, -0.15) is 0 Å². The van der Waals surface area contributed by atoms with Gasteiger partial charge in [-0.05, 0) is 152 Å². The molecule has 3 aromatic carbocycles. The zero-order chi connectivity index (χ0) is 40.6. The summed E-state index contributed by atoms with van der Waals surface area (Å²) in [6, 6.07) is 20.1. The number of aryl methyl sites for hydroxylation is 3. The van der Waals surface area contributed by atoms with Gasteiger partial charge in [0.2, 0.25) is 17.7 Å². The third-order valence-corrected chi connectivity index (χ3v) is 14.8. The first kappa shape index (κ1) is 40.7. The molecule has 0 aliphatic heterocycles. The third kappa shape index (κ3) is 7.76. The highest BCUT2D eigenvalue weighted by molar-refractivity contribution is 6.01. The lowest BCUT2D eigenvalue weighted by Gasteiger charge is -2.56. The Morgan fingerprint density at radius 3 is 1.86 bits per heavy atom. The van der Waals surface area contributed by atoms with Crippen LogP contribution in [0.5, 0.6) is 0 Å². The highest BCUT2D eigenvalue weighted by Crippen LogP contribution is 2.59. The van der Waals surface area contributed by atoms with Crippen LogP contribution in [0.4, 0.5) is 16.2 Å². The number of hydrogen-bond donors (Lipinski definition) is 4. The molecule has 4 aliphatic rings. The average Bonchev–Trinajstić information content (AvgIpc) is 3.18. The van der Waals surface area contributed by atoms with E-state index in [1.165, 1.54) is 22.3 Å². The fraction of sp³-hybridized carbons (Fsp3) is 0.542. The molecule has 5 N–H and O–H groups in total. The first-order chi connectivity index (χ1) is 27.2. The van der Waals surface area contributed by atoms with Crippen molar-refractivity contribution in [3.8, 4) is 0 Å². The van der Waals surface area contributed by atoms with E-state index in [4.69, 9.17) is 10.5 Å². The molecule has 9 heteroatoms. The summed E-state index contributed by atoms with van der Waals surface area (Å²) < 4.78 is 5.58. The maximum absolute atomic E-state index is 14.6. The van der Waals surface area contributed by atoms with Gasteiger partial charge in [-0.25, -0.2) is 4.79 Å². The number of ether oxygens (including phenoxy) is 1. The Labute approximate surface area is 338 Å². The van der Waals surface area contributed by atoms with Crippen molar-refractivity contribution < 1.29 is 23.9 Å². The minimum Gasteiger partial charge on any atom is -0.444 e. The zero-order valence-electron chi connectivity index (χ0n) is 34.7. The maximum atomic E-state index is 14.6. The normalized spacial score (nSPS) is 28.7. The van der Waals surface area contributed by atoms with Crippen LogP contribution in [0.2, 0.25) is 0 Å². The van der Waals surface area contributed by atoms with Gasteiger partial charge in [0.1, 0.15) is 6.61 Å². The van der Waals surface area contributed by atoms with Crippen molar-refractivity contribution in [3.63, 3.8) is 0 Å². The number of imide groups is 1. The summed E-state index contributed by atoms with van der Waals surface area (Å²) >= 11 is 0. The zero-order valence-corrected chi connectivity index (χ0v) is 34.7. The number of hydrogen-bond acceptors (Lipinski definition) is 6. The molecule has 2 saturated carbocycles. The van der Waals surface area contributed by atoms with Gasteiger partial charge in [0.25, 0.3) is 0 Å². The molecule has 304 valence electrons. The van der Waals surface area contributed by atoms with E-state index in [9.17, 15) is 19.2 Å². The summed E-state index contributed by atoms with van der Waals surface area (Å²) in [6.45, 7) is 11.6. The highest BCUT2D eigenvalue weighted by Gasteiger charge is 2.58. The van der Waals surface area contributed by atoms with Gasteiger partial charge in [0.05, 0.1) is 10.8 Å². The predicted molar refractivity (Wildman–Crippen MR) is 225 cm³/mol. The minimum atomic E-state index is -0.712. The molecule has 0 bridgehead atoms. The van der Waals surface area contributed by atoms with E-state index in [2.05, 4.69) is 80.9 Å². The molecule has 4 aliphatic carbocycles. The van der Waals surface area contributed by atoms with Crippen molar-refractivity contribution in [1.82, 2.24) is 5.32 Å². The molecule has 9 nitrogen and oxygen atoms in total. The summed E-state index contributed by atoms with van der Waals surface area (Å²) in [4.78, 5) is 54.2. The molecule has 7 rings (SSSR count). The van der Waals surface area contributed by atoms with Crippen molar-refractivity contribution in [3.05, 3.63) is 94.0 Å². The van der Waals surface area contributed by atoms with Crippen LogP contribution in [0.1, 0.15) is 132 Å². The topological polar surface area (TPSA) is 140 Å². The molecule has 0 spiro atoms. The molecule has 0 saturated heterocycles. The second-order valence-electron chi connectivity index (χ2n) is 18.6. The SMILES string of the molecule is Cc1ccc2c(c1)[C@@]1(C)CCCC(C)(C(=O)NC(=O)[C@@]3(C)CCCC4(C)c5cc(NC(=O)OCc6ccc(NC(=O)CCCCN)cc6)ccc5CCC43)C1CC2. The number of rotatable bonds is 10. The van der Waals surface area contributed by atoms with Crippen LogP contribution < -0.4 is 21.7 Å². The number of amides is 4. The van der Waals surface area contributed by atoms with Crippen molar-refractivity contribution in [2.24, 2.45) is 28.4 Å². The molecule has 0 heterocycles. The molecule has 2 fully saturated rings. The van der Waals surface area contributed by atoms with Crippen molar-refractivity contribution in [2.75, 3.05) is 17.2 Å². The van der Waals surface area contributed by atoms with E-state index in [-0.39, 0.29) is 47.0 Å². The standard InChI is InChI=1S/C48H62N4O5/c1-31-11-14-33-16-21-39-45(2,37(33)28-31)23-8-25-47(39,4)42(54)52-43(55)48(5)26-9-24-46(3)38-29-36(20-15-34(38)17-22-40(46)48)51-44(56)57-30-32-12-18-35(19-13-32)50-41(53)10-6-7-27-49/h11-15,18-20,28-29,39-40H,6-10,16-17,21-27,30,49H2,1-5H3,(H,50,53)(H,51,56)(H,52,54,55)/t39?,40?,45-,46?,47?,48+/m1/s1. The lowest BCUT2D eigenvalue weighted by atomic mass is 9.49. The second kappa shape index (κ2) is 16.0. The molecular weight excluding hydrogens is 713 g/mol. The van der Waals surface area contributed by atoms with E-state index in [1.54, 1.807) is 12.1 Å². The largest absolute Gasteiger partial charge is 0.444 e. The van der Waals surface area contributed by atoms with Gasteiger partial charge in [0.15, 0.2) is 0 Å². The fourth-order valence-corrected chi connectivity index (χ4v) is 11.7. The van der Waals surface area contributed by atoms with Gasteiger partial charge >= 0.3 is 6.09 Å². The molecule has 4 amide bonds. The Bertz CT molecular complexity index is 2030. The van der Waals surface area contributed by atoms with Crippen LogP contribution in [0, 0.1) is 29.6 Å². The minimum absolute atomic E-state index is 0.0360. The monoisotopic (exact) mass is 774 g/mol. The summed E-state index contributed by atoms with van der Waals surface area (Å²) in [7, 11) is 0. The van der Waals surface area contributed by atoms with Gasteiger partial charge < -0.3 is 15.8 Å². The first-order valence-electron chi connectivity index (χ1n) is 21.3. The third-order valence-electron chi connectivity index (χ3n) is 14.8. The lowest BCUT2D eigenvalue weighted by molar-refractivity contribution is -0.150. The molecule has 0 aromatic heterocycles. The van der Waals surface area contributed by atoms with Gasteiger partial charge in [0, 0.05) is 17.8 Å². The van der Waals surface area contributed by atoms with Gasteiger partial charge in [-0.3, -0.25) is 25.0 Å². The predicted octanol–water partition coefficient (Wildman–Crippen LogP) is 9.17. The Morgan fingerprint density at radius 1 is 0.702 bits per heavy atom. The Kier molecular flexibility index (Phi) is 11.4. The number of nitrogens with two attached hydrogens (primary N) is 1. The van der Waals surface area contributed by atoms with Gasteiger partial charge in [-0.15, -0.1) is 0 Å². The Morgan fingerprint density at radius 2 is 1.26 bits per heavy atom. The molecular formula is C48H62N4O5. The van der Waals surface area contributed by atoms with Crippen molar-refractivity contribution in [1.29, 1.82) is 0 Å². The average molecular weight is 775 g/mol. The molecule has 57 heavy (non-hydrogen) atoms. The molecule has 3 aromatic rings. The van der Waals surface area contributed by atoms with Crippen LogP contribution in [-0.2, 0) is 49.4 Å². The van der Waals surface area contributed by atoms with Crippen molar-refractivity contribution >= 4 is 35.2 Å². The summed E-state index contributed by atoms with van der Waals surface area (Å²) in [5, 5.41) is 8.89. The van der Waals surface area contributed by atoms with Crippen LogP contribution in [0.15, 0.2) is 60.7 Å². The first-order valence-corrected chi connectivity index (χ1v) is 21.3.